The van der Waals surface area contributed by atoms with Gasteiger partial charge in [0.15, 0.2) is 5.78 Å². The number of carbonyl (C=O) groups excluding carboxylic acids is 2. The molecule has 2 rings (SSSR count). The lowest BCUT2D eigenvalue weighted by atomic mass is 9.89. The van der Waals surface area contributed by atoms with E-state index in [0.717, 1.165) is 5.56 Å². The quantitative estimate of drug-likeness (QED) is 0.774. The van der Waals surface area contributed by atoms with E-state index >= 15 is 0 Å². The number of hydrogen-bond donors (Lipinski definition) is 2. The summed E-state index contributed by atoms with van der Waals surface area (Å²) in [5, 5.41) is 13.3. The Morgan fingerprint density at radius 2 is 1.68 bits per heavy atom. The van der Waals surface area contributed by atoms with E-state index in [1.807, 2.05) is 30.3 Å². The topological polar surface area (TPSA) is 75.6 Å². The fourth-order valence-electron chi connectivity index (χ4n) is 2.43. The van der Waals surface area contributed by atoms with Crippen molar-refractivity contribution in [1.29, 1.82) is 0 Å². The summed E-state index contributed by atoms with van der Waals surface area (Å²) < 4.78 is 5.07. The van der Waals surface area contributed by atoms with Crippen LogP contribution in [0, 0.1) is 0 Å². The minimum atomic E-state index is -1.63. The highest BCUT2D eigenvalue weighted by atomic mass is 16.5. The Balaban J connectivity index is 1.86. The third-order valence-corrected chi connectivity index (χ3v) is 4.11. The molecule has 25 heavy (non-hydrogen) atoms. The molecular weight excluding hydrogens is 318 g/mol. The number of hydrogen-bond acceptors (Lipinski definition) is 4. The zero-order valence-electron chi connectivity index (χ0n) is 14.5. The van der Waals surface area contributed by atoms with Gasteiger partial charge in [0.05, 0.1) is 7.11 Å². The number of aliphatic hydroxyl groups is 1. The van der Waals surface area contributed by atoms with Gasteiger partial charge < -0.3 is 15.2 Å². The summed E-state index contributed by atoms with van der Waals surface area (Å²) >= 11 is 0. The molecule has 0 spiro atoms. The number of nitrogens with one attached hydrogen (secondary N) is 1. The van der Waals surface area contributed by atoms with Gasteiger partial charge in [-0.3, -0.25) is 9.59 Å². The smallest absolute Gasteiger partial charge is 0.220 e. The van der Waals surface area contributed by atoms with E-state index in [4.69, 9.17) is 4.74 Å². The summed E-state index contributed by atoms with van der Waals surface area (Å²) in [7, 11) is 1.55. The van der Waals surface area contributed by atoms with Crippen LogP contribution in [0.5, 0.6) is 5.75 Å². The molecule has 0 aliphatic rings. The molecule has 0 saturated heterocycles. The number of methoxy groups -OCH3 is 1. The van der Waals surface area contributed by atoms with Gasteiger partial charge in [-0.05, 0) is 30.2 Å². The van der Waals surface area contributed by atoms with Gasteiger partial charge in [-0.15, -0.1) is 0 Å². The molecule has 5 nitrogen and oxygen atoms in total. The predicted molar refractivity (Wildman–Crippen MR) is 95.1 cm³/mol. The number of rotatable bonds is 8. The molecule has 1 amide bonds. The van der Waals surface area contributed by atoms with Crippen LogP contribution in [-0.4, -0.2) is 23.9 Å². The van der Waals surface area contributed by atoms with E-state index in [2.05, 4.69) is 5.32 Å². The molecule has 2 N–H and O–H groups in total. The van der Waals surface area contributed by atoms with Crippen molar-refractivity contribution in [3.63, 3.8) is 0 Å². The van der Waals surface area contributed by atoms with E-state index in [-0.39, 0.29) is 18.7 Å². The second-order valence-electron chi connectivity index (χ2n) is 5.99. The Bertz CT molecular complexity index is 708. The Kier molecular flexibility index (Phi) is 6.31. The molecule has 1 unspecified atom stereocenters. The van der Waals surface area contributed by atoms with Crippen LogP contribution in [0.25, 0.3) is 0 Å². The van der Waals surface area contributed by atoms with E-state index < -0.39 is 11.4 Å². The van der Waals surface area contributed by atoms with Crippen LogP contribution in [0.1, 0.15) is 30.9 Å². The van der Waals surface area contributed by atoms with E-state index in [1.165, 1.54) is 6.92 Å². The number of Topliss-reactive ketones (excluding diaryl/α,β-unsaturated/α-hetero) is 1. The number of benzene rings is 2. The minimum absolute atomic E-state index is 0.0281. The molecule has 0 heterocycles. The van der Waals surface area contributed by atoms with Crippen LogP contribution in [-0.2, 0) is 21.7 Å². The molecule has 5 heteroatoms. The number of amides is 1. The summed E-state index contributed by atoms with van der Waals surface area (Å²) in [4.78, 5) is 24.2. The molecule has 0 aliphatic carbocycles. The summed E-state index contributed by atoms with van der Waals surface area (Å²) in [5.41, 5.74) is -0.165. The minimum Gasteiger partial charge on any atom is -0.497 e. The molecule has 0 bridgehead atoms. The van der Waals surface area contributed by atoms with Crippen molar-refractivity contribution >= 4 is 11.7 Å². The standard InChI is InChI=1S/C20H23NO4/c1-20(24,16-8-10-17(25-2)11-9-16)18(22)12-13-19(23)21-14-15-6-4-3-5-7-15/h3-11,24H,12-14H2,1-2H3,(H,21,23). The summed E-state index contributed by atoms with van der Waals surface area (Å²) in [6.45, 7) is 1.86. The van der Waals surface area contributed by atoms with Crippen LogP contribution in [0.15, 0.2) is 54.6 Å². The van der Waals surface area contributed by atoms with Gasteiger partial charge >= 0.3 is 0 Å². The second kappa shape index (κ2) is 8.44. The normalized spacial score (nSPS) is 12.9. The highest BCUT2D eigenvalue weighted by Crippen LogP contribution is 2.25. The monoisotopic (exact) mass is 341 g/mol. The molecule has 0 saturated carbocycles. The summed E-state index contributed by atoms with van der Waals surface area (Å²) in [6.07, 6.45) is 0.0115. The van der Waals surface area contributed by atoms with Gasteiger partial charge in [0.1, 0.15) is 11.4 Å². The van der Waals surface area contributed by atoms with Gasteiger partial charge in [0.25, 0.3) is 0 Å². The van der Waals surface area contributed by atoms with Gasteiger partial charge in [-0.25, -0.2) is 0 Å². The Labute approximate surface area is 147 Å². The zero-order chi connectivity index (χ0) is 18.3. The molecule has 2 aromatic carbocycles. The molecule has 0 fully saturated rings. The van der Waals surface area contributed by atoms with Crippen molar-refractivity contribution in [3.05, 3.63) is 65.7 Å². The number of ketones is 1. The van der Waals surface area contributed by atoms with Gasteiger partial charge in [0.2, 0.25) is 5.91 Å². The van der Waals surface area contributed by atoms with Crippen molar-refractivity contribution in [3.8, 4) is 5.75 Å². The lowest BCUT2D eigenvalue weighted by Gasteiger charge is -2.22. The Morgan fingerprint density at radius 3 is 2.28 bits per heavy atom. The van der Waals surface area contributed by atoms with E-state index in [9.17, 15) is 14.7 Å². The highest BCUT2D eigenvalue weighted by molar-refractivity contribution is 5.91. The van der Waals surface area contributed by atoms with Crippen molar-refractivity contribution in [1.82, 2.24) is 5.32 Å². The average Bonchev–Trinajstić information content (AvgIpc) is 2.65. The predicted octanol–water partition coefficient (Wildman–Crippen LogP) is 2.57. The highest BCUT2D eigenvalue weighted by Gasteiger charge is 2.32. The maximum Gasteiger partial charge on any atom is 0.220 e. The van der Waals surface area contributed by atoms with E-state index in [1.54, 1.807) is 31.4 Å². The lowest BCUT2D eigenvalue weighted by molar-refractivity contribution is -0.138. The van der Waals surface area contributed by atoms with Crippen LogP contribution < -0.4 is 10.1 Å². The molecule has 0 aliphatic heterocycles. The van der Waals surface area contributed by atoms with Crippen LogP contribution in [0.2, 0.25) is 0 Å². The lowest BCUT2D eigenvalue weighted by Crippen LogP contribution is -2.33. The first-order chi connectivity index (χ1) is 11.9. The zero-order valence-corrected chi connectivity index (χ0v) is 14.5. The first-order valence-electron chi connectivity index (χ1n) is 8.14. The maximum absolute atomic E-state index is 12.3. The third kappa shape index (κ3) is 5.16. The summed E-state index contributed by atoms with van der Waals surface area (Å²) in [6, 6.07) is 16.2. The fourth-order valence-corrected chi connectivity index (χ4v) is 2.43. The van der Waals surface area contributed by atoms with Crippen LogP contribution >= 0.6 is 0 Å². The van der Waals surface area contributed by atoms with Crippen molar-refractivity contribution in [2.75, 3.05) is 7.11 Å². The van der Waals surface area contributed by atoms with Gasteiger partial charge in [0, 0.05) is 19.4 Å². The average molecular weight is 341 g/mol. The fraction of sp³-hybridized carbons (Fsp3) is 0.300. The molecular formula is C20H23NO4. The number of ether oxygens (including phenoxy) is 1. The van der Waals surface area contributed by atoms with Crippen molar-refractivity contribution in [2.24, 2.45) is 0 Å². The molecule has 0 radical (unpaired) electrons. The second-order valence-corrected chi connectivity index (χ2v) is 5.99. The van der Waals surface area contributed by atoms with Crippen LogP contribution in [0.4, 0.5) is 0 Å². The molecule has 2 aromatic rings. The Morgan fingerprint density at radius 1 is 1.04 bits per heavy atom. The molecule has 0 aromatic heterocycles. The van der Waals surface area contributed by atoms with Crippen molar-refractivity contribution < 1.29 is 19.4 Å². The van der Waals surface area contributed by atoms with E-state index in [0.29, 0.717) is 17.9 Å². The van der Waals surface area contributed by atoms with Gasteiger partial charge in [-0.2, -0.15) is 0 Å². The van der Waals surface area contributed by atoms with Gasteiger partial charge in [-0.1, -0.05) is 42.5 Å². The van der Waals surface area contributed by atoms with Crippen LogP contribution in [0.3, 0.4) is 0 Å². The number of carbonyl (C=O) groups is 2. The summed E-state index contributed by atoms with van der Waals surface area (Å²) in [5.74, 6) is 0.0301. The molecule has 132 valence electrons. The first kappa shape index (κ1) is 18.7. The maximum atomic E-state index is 12.3. The van der Waals surface area contributed by atoms with Crippen molar-refractivity contribution in [2.45, 2.75) is 31.9 Å². The SMILES string of the molecule is COc1ccc(C(C)(O)C(=O)CCC(=O)NCc2ccccc2)cc1. The first-order valence-corrected chi connectivity index (χ1v) is 8.14. The molecule has 1 atom stereocenters. The third-order valence-electron chi connectivity index (χ3n) is 4.11. The largest absolute Gasteiger partial charge is 0.497 e. The Hall–Kier alpha value is -2.66.